The number of carbonyl (C=O) groups excluding carboxylic acids is 3. The SMILES string of the molecule is COC[C@H](F)C1O[C@@H](OP(=O)(Oc2ccccc2)Oc2ccccc2)[C@H](OC(C)=O)C(OC(C)=O)[C@@H]1OC(C)=O. The number of benzene rings is 2. The van der Waals surface area contributed by atoms with E-state index >= 15 is 4.39 Å². The van der Waals surface area contributed by atoms with Gasteiger partial charge in [-0.2, -0.15) is 0 Å². The number of hydrogen-bond donors (Lipinski definition) is 0. The van der Waals surface area contributed by atoms with E-state index in [0.29, 0.717) is 0 Å². The monoisotopic (exact) mass is 584 g/mol. The number of rotatable bonds is 12. The second kappa shape index (κ2) is 14.2. The van der Waals surface area contributed by atoms with E-state index in [4.69, 9.17) is 37.3 Å². The minimum atomic E-state index is -4.71. The summed E-state index contributed by atoms with van der Waals surface area (Å²) >= 11 is 0. The van der Waals surface area contributed by atoms with E-state index in [0.717, 1.165) is 20.8 Å². The van der Waals surface area contributed by atoms with Gasteiger partial charge in [0.1, 0.15) is 17.6 Å². The maximum absolute atomic E-state index is 15.3. The molecular weight excluding hydrogens is 554 g/mol. The van der Waals surface area contributed by atoms with Crippen LogP contribution in [0.3, 0.4) is 0 Å². The van der Waals surface area contributed by atoms with Crippen molar-refractivity contribution in [1.82, 2.24) is 0 Å². The standard InChI is InChI=1S/C26H30FO12P/c1-16(28)33-23-22(21(27)15-32-4)36-26(25(35-18(3)30)24(23)34-17(2)29)39-40(31,37-19-11-7-5-8-12-19)38-20-13-9-6-10-14-20/h5-14,21-26H,15H2,1-4H3/t21-,22?,23+,24?,25+,26-/m0/s1. The summed E-state index contributed by atoms with van der Waals surface area (Å²) in [6.45, 7) is 2.60. The summed E-state index contributed by atoms with van der Waals surface area (Å²) in [6.07, 6.45) is -10.5. The molecule has 40 heavy (non-hydrogen) atoms. The normalized spacial score (nSPS) is 23.4. The van der Waals surface area contributed by atoms with Gasteiger partial charge in [-0.25, -0.2) is 13.5 Å². The highest BCUT2D eigenvalue weighted by Gasteiger charge is 2.57. The van der Waals surface area contributed by atoms with Gasteiger partial charge in [-0.15, -0.1) is 0 Å². The smallest absolute Gasteiger partial charge is 0.456 e. The molecule has 2 unspecified atom stereocenters. The van der Waals surface area contributed by atoms with Crippen LogP contribution in [-0.2, 0) is 47.2 Å². The number of carbonyl (C=O) groups is 3. The van der Waals surface area contributed by atoms with Crippen molar-refractivity contribution in [3.05, 3.63) is 60.7 Å². The number of halogens is 1. The first kappa shape index (κ1) is 31.0. The molecule has 6 atom stereocenters. The van der Waals surface area contributed by atoms with Gasteiger partial charge in [0.15, 0.2) is 24.5 Å². The van der Waals surface area contributed by atoms with Crippen LogP contribution in [0.25, 0.3) is 0 Å². The Balaban J connectivity index is 2.07. The van der Waals surface area contributed by atoms with E-state index < -0.39 is 69.2 Å². The van der Waals surface area contributed by atoms with E-state index in [-0.39, 0.29) is 11.5 Å². The molecule has 0 amide bonds. The van der Waals surface area contributed by atoms with Crippen molar-refractivity contribution in [3.63, 3.8) is 0 Å². The second-order valence-electron chi connectivity index (χ2n) is 8.52. The van der Waals surface area contributed by atoms with Crippen molar-refractivity contribution in [1.29, 1.82) is 0 Å². The zero-order valence-corrected chi connectivity index (χ0v) is 23.1. The molecule has 0 aromatic heterocycles. The Labute approximate surface area is 230 Å². The molecule has 0 saturated carbocycles. The summed E-state index contributed by atoms with van der Waals surface area (Å²) < 4.78 is 72.8. The van der Waals surface area contributed by atoms with Gasteiger partial charge in [0.05, 0.1) is 6.61 Å². The van der Waals surface area contributed by atoms with Crippen LogP contribution in [0.5, 0.6) is 11.5 Å². The van der Waals surface area contributed by atoms with E-state index in [1.165, 1.54) is 31.4 Å². The average molecular weight is 584 g/mol. The van der Waals surface area contributed by atoms with Gasteiger partial charge in [-0.05, 0) is 24.3 Å². The van der Waals surface area contributed by atoms with Crippen LogP contribution in [0.15, 0.2) is 60.7 Å². The number of ether oxygens (including phenoxy) is 5. The highest BCUT2D eigenvalue weighted by Crippen LogP contribution is 2.52. The summed E-state index contributed by atoms with van der Waals surface area (Å²) in [5.41, 5.74) is 0. The molecule has 1 fully saturated rings. The minimum absolute atomic E-state index is 0.0789. The van der Waals surface area contributed by atoms with Crippen LogP contribution in [0, 0.1) is 0 Å². The van der Waals surface area contributed by atoms with Gasteiger partial charge in [0, 0.05) is 27.9 Å². The lowest BCUT2D eigenvalue weighted by Crippen LogP contribution is -2.64. The third kappa shape index (κ3) is 8.75. The molecule has 2 aromatic carbocycles. The highest BCUT2D eigenvalue weighted by molar-refractivity contribution is 7.49. The van der Waals surface area contributed by atoms with Crippen LogP contribution in [0.1, 0.15) is 20.8 Å². The molecule has 3 rings (SSSR count). The predicted molar refractivity (Wildman–Crippen MR) is 135 cm³/mol. The lowest BCUT2D eigenvalue weighted by Gasteiger charge is -2.45. The summed E-state index contributed by atoms with van der Waals surface area (Å²) in [4.78, 5) is 36.0. The largest absolute Gasteiger partial charge is 0.590 e. The molecule has 12 nitrogen and oxygen atoms in total. The Bertz CT molecular complexity index is 1140. The second-order valence-corrected chi connectivity index (χ2v) is 9.99. The molecule has 14 heteroatoms. The number of para-hydroxylation sites is 2. The molecule has 1 aliphatic rings. The maximum atomic E-state index is 15.3. The number of methoxy groups -OCH3 is 1. The topological polar surface area (TPSA) is 142 Å². The summed E-state index contributed by atoms with van der Waals surface area (Å²) in [6, 6.07) is 15.7. The number of hydrogen-bond acceptors (Lipinski definition) is 12. The fourth-order valence-electron chi connectivity index (χ4n) is 3.84. The Kier molecular flexibility index (Phi) is 11.0. The lowest BCUT2D eigenvalue weighted by atomic mass is 9.95. The molecule has 0 aliphatic carbocycles. The van der Waals surface area contributed by atoms with Gasteiger partial charge in [-0.3, -0.25) is 14.4 Å². The molecule has 218 valence electrons. The fourth-order valence-corrected chi connectivity index (χ4v) is 5.15. The van der Waals surface area contributed by atoms with Crippen LogP contribution in [-0.4, -0.2) is 68.5 Å². The molecule has 1 aliphatic heterocycles. The van der Waals surface area contributed by atoms with Crippen molar-refractivity contribution < 1.29 is 60.6 Å². The van der Waals surface area contributed by atoms with E-state index in [9.17, 15) is 18.9 Å². The van der Waals surface area contributed by atoms with Crippen LogP contribution in [0.4, 0.5) is 4.39 Å². The van der Waals surface area contributed by atoms with Crippen LogP contribution in [0.2, 0.25) is 0 Å². The first-order valence-corrected chi connectivity index (χ1v) is 13.5. The Morgan fingerprint density at radius 1 is 0.800 bits per heavy atom. The molecule has 1 heterocycles. The lowest BCUT2D eigenvalue weighted by molar-refractivity contribution is -0.296. The zero-order chi connectivity index (χ0) is 29.3. The fraction of sp³-hybridized carbons (Fsp3) is 0.423. The van der Waals surface area contributed by atoms with Crippen molar-refractivity contribution in [2.24, 2.45) is 0 Å². The van der Waals surface area contributed by atoms with Crippen molar-refractivity contribution in [3.8, 4) is 11.5 Å². The average Bonchev–Trinajstić information content (AvgIpc) is 2.87. The van der Waals surface area contributed by atoms with Crippen molar-refractivity contribution in [2.75, 3.05) is 13.7 Å². The molecule has 0 bridgehead atoms. The number of esters is 3. The van der Waals surface area contributed by atoms with Gasteiger partial charge in [0.25, 0.3) is 0 Å². The molecule has 2 aromatic rings. The summed E-state index contributed by atoms with van der Waals surface area (Å²) in [5.74, 6) is -2.49. The molecule has 0 N–H and O–H groups in total. The zero-order valence-electron chi connectivity index (χ0n) is 22.2. The third-order valence-electron chi connectivity index (χ3n) is 5.27. The van der Waals surface area contributed by atoms with Crippen molar-refractivity contribution >= 4 is 25.7 Å². The molecular formula is C26H30FO12P. The van der Waals surface area contributed by atoms with Crippen LogP contribution >= 0.6 is 7.82 Å². The summed E-state index contributed by atoms with van der Waals surface area (Å²) in [5, 5.41) is 0. The Morgan fingerprint density at radius 2 is 1.25 bits per heavy atom. The maximum Gasteiger partial charge on any atom is 0.590 e. The molecule has 0 radical (unpaired) electrons. The number of phosphoric acid groups is 1. The summed E-state index contributed by atoms with van der Waals surface area (Å²) in [7, 11) is -3.48. The van der Waals surface area contributed by atoms with Crippen LogP contribution < -0.4 is 9.05 Å². The molecule has 0 spiro atoms. The van der Waals surface area contributed by atoms with Gasteiger partial charge < -0.3 is 32.7 Å². The minimum Gasteiger partial charge on any atom is -0.456 e. The van der Waals surface area contributed by atoms with E-state index in [2.05, 4.69) is 0 Å². The third-order valence-corrected chi connectivity index (χ3v) is 6.61. The molecule has 1 saturated heterocycles. The number of phosphoric ester groups is 1. The predicted octanol–water partition coefficient (Wildman–Crippen LogP) is 3.77. The van der Waals surface area contributed by atoms with Gasteiger partial charge in [-0.1, -0.05) is 36.4 Å². The Hall–Kier alpha value is -3.51. The first-order chi connectivity index (χ1) is 19.0. The quantitative estimate of drug-likeness (QED) is 0.204. The van der Waals surface area contributed by atoms with E-state index in [1.54, 1.807) is 36.4 Å². The van der Waals surface area contributed by atoms with E-state index in [1.807, 2.05) is 0 Å². The van der Waals surface area contributed by atoms with Gasteiger partial charge in [0.2, 0.25) is 6.29 Å². The van der Waals surface area contributed by atoms with Crippen molar-refractivity contribution in [2.45, 2.75) is 57.6 Å². The Morgan fingerprint density at radius 3 is 1.70 bits per heavy atom. The van der Waals surface area contributed by atoms with Gasteiger partial charge >= 0.3 is 25.7 Å². The highest BCUT2D eigenvalue weighted by atomic mass is 31.2. The number of alkyl halides is 1. The first-order valence-electron chi connectivity index (χ1n) is 12.1.